The van der Waals surface area contributed by atoms with Gasteiger partial charge >= 0.3 is 0 Å². The fraction of sp³-hybridized carbons (Fsp3) is 0.550. The Bertz CT molecular complexity index is 811. The normalized spacial score (nSPS) is 15.6. The quantitative estimate of drug-likeness (QED) is 0.588. The Morgan fingerprint density at radius 2 is 2.00 bits per heavy atom. The number of aromatic nitrogens is 3. The summed E-state index contributed by atoms with van der Waals surface area (Å²) in [4.78, 5) is 4.64. The zero-order chi connectivity index (χ0) is 19.9. The minimum atomic E-state index is -0.428. The summed E-state index contributed by atoms with van der Waals surface area (Å²) >= 11 is 0. The van der Waals surface area contributed by atoms with Gasteiger partial charge in [-0.2, -0.15) is 0 Å². The van der Waals surface area contributed by atoms with Crippen molar-refractivity contribution in [3.8, 4) is 0 Å². The molecule has 0 spiro atoms. The van der Waals surface area contributed by atoms with Crippen molar-refractivity contribution in [2.75, 3.05) is 6.54 Å². The molecule has 28 heavy (non-hydrogen) atoms. The number of guanidine groups is 1. The van der Waals surface area contributed by atoms with E-state index in [1.165, 1.54) is 25.3 Å². The molecule has 0 amide bonds. The summed E-state index contributed by atoms with van der Waals surface area (Å²) in [5.41, 5.74) is 0.355. The average molecular weight is 390 g/mol. The van der Waals surface area contributed by atoms with Crippen molar-refractivity contribution in [1.29, 1.82) is 0 Å². The molecule has 1 aliphatic carbocycles. The van der Waals surface area contributed by atoms with Crippen LogP contribution in [0.2, 0.25) is 0 Å². The number of aliphatic imine (C=N–C) groups is 1. The molecule has 0 bridgehead atoms. The van der Waals surface area contributed by atoms with Gasteiger partial charge in [-0.05, 0) is 49.9 Å². The van der Waals surface area contributed by atoms with Gasteiger partial charge in [0.2, 0.25) is 0 Å². The van der Waals surface area contributed by atoms with Gasteiger partial charge in [-0.25, -0.2) is 13.8 Å². The zero-order valence-corrected chi connectivity index (χ0v) is 16.5. The monoisotopic (exact) mass is 390 g/mol. The van der Waals surface area contributed by atoms with Crippen LogP contribution in [-0.4, -0.2) is 33.3 Å². The Hall–Kier alpha value is -2.51. The zero-order valence-electron chi connectivity index (χ0n) is 16.5. The predicted molar refractivity (Wildman–Crippen MR) is 105 cm³/mol. The van der Waals surface area contributed by atoms with Crippen molar-refractivity contribution in [2.45, 2.75) is 58.0 Å². The minimum absolute atomic E-state index is 0.355. The topological polar surface area (TPSA) is 67.1 Å². The van der Waals surface area contributed by atoms with E-state index in [0.29, 0.717) is 37.1 Å². The Balaban J connectivity index is 1.63. The molecule has 1 fully saturated rings. The van der Waals surface area contributed by atoms with Crippen molar-refractivity contribution in [2.24, 2.45) is 12.0 Å². The molecule has 1 heterocycles. The summed E-state index contributed by atoms with van der Waals surface area (Å²) in [5, 5.41) is 14.9. The number of benzene rings is 1. The summed E-state index contributed by atoms with van der Waals surface area (Å²) in [5.74, 6) is 1.46. The highest BCUT2D eigenvalue weighted by Crippen LogP contribution is 2.17. The van der Waals surface area contributed by atoms with Crippen molar-refractivity contribution in [3.05, 3.63) is 47.0 Å². The molecule has 2 aromatic rings. The van der Waals surface area contributed by atoms with E-state index in [1.807, 2.05) is 18.5 Å². The maximum absolute atomic E-state index is 13.8. The van der Waals surface area contributed by atoms with Crippen LogP contribution in [-0.2, 0) is 20.0 Å². The van der Waals surface area contributed by atoms with Crippen LogP contribution in [0.25, 0.3) is 0 Å². The first kappa shape index (κ1) is 20.2. The van der Waals surface area contributed by atoms with E-state index in [4.69, 9.17) is 0 Å². The lowest BCUT2D eigenvalue weighted by Gasteiger charge is -2.25. The first-order chi connectivity index (χ1) is 13.5. The van der Waals surface area contributed by atoms with Gasteiger partial charge in [0.15, 0.2) is 11.8 Å². The van der Waals surface area contributed by atoms with E-state index < -0.39 is 11.6 Å². The average Bonchev–Trinajstić information content (AvgIpc) is 3.01. The molecule has 1 aliphatic rings. The number of nitrogens with one attached hydrogen (secondary N) is 2. The fourth-order valence-electron chi connectivity index (χ4n) is 3.38. The lowest BCUT2D eigenvalue weighted by molar-refractivity contribution is 0.409. The van der Waals surface area contributed by atoms with Crippen LogP contribution in [0.15, 0.2) is 23.2 Å². The Morgan fingerprint density at radius 1 is 1.21 bits per heavy atom. The van der Waals surface area contributed by atoms with E-state index in [2.05, 4.69) is 25.8 Å². The standard InChI is InChI=1S/C20H28F2N6/c1-14-26-27-19(28(14)2)13-24-20(25-17-6-4-3-5-7-17)23-11-10-15-12-16(21)8-9-18(15)22/h8-9,12,17H,3-7,10-11,13H2,1-2H3,(H2,23,24,25). The SMILES string of the molecule is Cc1nnc(CN=C(NCCc2cc(F)ccc2F)NC2CCCCC2)n1C. The number of nitrogens with zero attached hydrogens (tertiary/aromatic N) is 4. The summed E-state index contributed by atoms with van der Waals surface area (Å²) in [6, 6.07) is 3.92. The molecule has 1 aromatic heterocycles. The lowest BCUT2D eigenvalue weighted by atomic mass is 9.96. The fourth-order valence-corrected chi connectivity index (χ4v) is 3.38. The molecule has 0 radical (unpaired) electrons. The number of rotatable bonds is 6. The predicted octanol–water partition coefficient (Wildman–Crippen LogP) is 3.01. The highest BCUT2D eigenvalue weighted by Gasteiger charge is 2.15. The number of aryl methyl sites for hydroxylation is 1. The van der Waals surface area contributed by atoms with E-state index >= 15 is 0 Å². The summed E-state index contributed by atoms with van der Waals surface area (Å²) < 4.78 is 29.1. The third-order valence-electron chi connectivity index (χ3n) is 5.20. The van der Waals surface area contributed by atoms with E-state index in [-0.39, 0.29) is 0 Å². The molecule has 2 N–H and O–H groups in total. The third kappa shape index (κ3) is 5.50. The van der Waals surface area contributed by atoms with Crippen LogP contribution in [0.4, 0.5) is 8.78 Å². The van der Waals surface area contributed by atoms with E-state index in [0.717, 1.165) is 36.6 Å². The van der Waals surface area contributed by atoms with Crippen LogP contribution >= 0.6 is 0 Å². The molecule has 1 aromatic carbocycles. The second-order valence-corrected chi connectivity index (χ2v) is 7.28. The third-order valence-corrected chi connectivity index (χ3v) is 5.20. The van der Waals surface area contributed by atoms with Crippen LogP contribution < -0.4 is 10.6 Å². The van der Waals surface area contributed by atoms with Gasteiger partial charge in [0.05, 0.1) is 0 Å². The van der Waals surface area contributed by atoms with Gasteiger partial charge in [-0.3, -0.25) is 0 Å². The molecule has 0 aliphatic heterocycles. The van der Waals surface area contributed by atoms with Gasteiger partial charge in [0, 0.05) is 19.6 Å². The molecule has 0 atom stereocenters. The van der Waals surface area contributed by atoms with Crippen LogP contribution in [0.1, 0.15) is 49.3 Å². The molecule has 0 saturated heterocycles. The Morgan fingerprint density at radius 3 is 2.71 bits per heavy atom. The summed E-state index contributed by atoms with van der Waals surface area (Å²) in [6.07, 6.45) is 6.29. The largest absolute Gasteiger partial charge is 0.356 e. The maximum Gasteiger partial charge on any atom is 0.191 e. The molecule has 152 valence electrons. The van der Waals surface area contributed by atoms with Crippen molar-refractivity contribution >= 4 is 5.96 Å². The van der Waals surface area contributed by atoms with Gasteiger partial charge in [0.1, 0.15) is 24.0 Å². The molecule has 3 rings (SSSR count). The van der Waals surface area contributed by atoms with Gasteiger partial charge in [-0.15, -0.1) is 10.2 Å². The van der Waals surface area contributed by atoms with Crippen molar-refractivity contribution in [3.63, 3.8) is 0 Å². The summed E-state index contributed by atoms with van der Waals surface area (Å²) in [7, 11) is 1.91. The number of hydrogen-bond donors (Lipinski definition) is 2. The van der Waals surface area contributed by atoms with Crippen LogP contribution in [0.3, 0.4) is 0 Å². The van der Waals surface area contributed by atoms with Crippen molar-refractivity contribution in [1.82, 2.24) is 25.4 Å². The highest BCUT2D eigenvalue weighted by atomic mass is 19.1. The van der Waals surface area contributed by atoms with Crippen LogP contribution in [0, 0.1) is 18.6 Å². The first-order valence-electron chi connectivity index (χ1n) is 9.86. The van der Waals surface area contributed by atoms with Gasteiger partial charge < -0.3 is 15.2 Å². The number of hydrogen-bond acceptors (Lipinski definition) is 3. The molecule has 1 saturated carbocycles. The molecular formula is C20H28F2N6. The highest BCUT2D eigenvalue weighted by molar-refractivity contribution is 5.80. The summed E-state index contributed by atoms with van der Waals surface area (Å²) in [6.45, 7) is 2.75. The molecule has 0 unspecified atom stereocenters. The van der Waals surface area contributed by atoms with Gasteiger partial charge in [0.25, 0.3) is 0 Å². The second kappa shape index (κ2) is 9.61. The Kier molecular flexibility index (Phi) is 6.95. The second-order valence-electron chi connectivity index (χ2n) is 7.28. The Labute approximate surface area is 164 Å². The van der Waals surface area contributed by atoms with Crippen molar-refractivity contribution < 1.29 is 8.78 Å². The van der Waals surface area contributed by atoms with E-state index in [9.17, 15) is 8.78 Å². The maximum atomic E-state index is 13.8. The lowest BCUT2D eigenvalue weighted by Crippen LogP contribution is -2.45. The minimum Gasteiger partial charge on any atom is -0.356 e. The van der Waals surface area contributed by atoms with Gasteiger partial charge in [-0.1, -0.05) is 19.3 Å². The molecular weight excluding hydrogens is 362 g/mol. The molecule has 6 nitrogen and oxygen atoms in total. The smallest absolute Gasteiger partial charge is 0.191 e. The number of halogens is 2. The van der Waals surface area contributed by atoms with Crippen LogP contribution in [0.5, 0.6) is 0 Å². The molecule has 8 heteroatoms. The van der Waals surface area contributed by atoms with E-state index in [1.54, 1.807) is 0 Å². The first-order valence-corrected chi connectivity index (χ1v) is 9.86.